The molecule has 2 aromatic rings. The Bertz CT molecular complexity index is 664. The quantitative estimate of drug-likeness (QED) is 0.930. The van der Waals surface area contributed by atoms with Crippen LogP contribution in [0, 0.1) is 23.7 Å². The highest BCUT2D eigenvalue weighted by Gasteiger charge is 2.55. The monoisotopic (exact) mass is 283 g/mol. The van der Waals surface area contributed by atoms with E-state index in [1.165, 1.54) is 32.1 Å². The van der Waals surface area contributed by atoms with Gasteiger partial charge < -0.3 is 5.32 Å². The third kappa shape index (κ3) is 1.78. The molecule has 5 atom stereocenters. The molecule has 4 heteroatoms. The zero-order chi connectivity index (χ0) is 13.8. The van der Waals surface area contributed by atoms with E-state index >= 15 is 0 Å². The molecule has 0 radical (unpaired) electrons. The maximum absolute atomic E-state index is 4.37. The molecule has 3 aliphatic carbocycles. The fraction of sp³-hybridized carbons (Fsp3) is 0.647. The molecule has 2 aromatic heterocycles. The summed E-state index contributed by atoms with van der Waals surface area (Å²) in [7, 11) is 0. The SMILES string of the molecule is c1ccn2c(C[NH2+][C@H]3C[C@H]4C[C@H]3[C@H]3CCC[C@H]43)nnc2c1. The number of pyridine rings is 1. The molecule has 21 heavy (non-hydrogen) atoms. The largest absolute Gasteiger partial charge is 0.337 e. The molecular formula is C17H23N4+. The number of hydrogen-bond acceptors (Lipinski definition) is 2. The number of quaternary nitrogens is 1. The standard InChI is InChI=1S/C17H22N4/c1-2-7-21-16(6-1)19-20-17(21)10-18-15-9-11-8-14(15)13-5-3-4-12(11)13/h1-2,6-7,11-15,18H,3-5,8-10H2/p+1/t11-,12-,13+,14+,15+/m1/s1. The second-order valence-electron chi connectivity index (χ2n) is 7.30. The second kappa shape index (κ2) is 4.54. The molecule has 3 aliphatic rings. The van der Waals surface area contributed by atoms with Crippen molar-refractivity contribution >= 4 is 5.65 Å². The van der Waals surface area contributed by atoms with E-state index in [0.29, 0.717) is 0 Å². The number of hydrogen-bond donors (Lipinski definition) is 1. The number of nitrogens with two attached hydrogens (primary N) is 1. The third-order valence-electron chi connectivity index (χ3n) is 6.47. The van der Waals surface area contributed by atoms with Crippen molar-refractivity contribution in [3.8, 4) is 0 Å². The minimum Gasteiger partial charge on any atom is -0.337 e. The van der Waals surface area contributed by atoms with Crippen molar-refractivity contribution in [3.05, 3.63) is 30.2 Å². The predicted octanol–water partition coefficient (Wildman–Crippen LogP) is 1.62. The normalized spacial score (nSPS) is 37.4. The van der Waals surface area contributed by atoms with Crippen LogP contribution in [0.1, 0.15) is 37.9 Å². The van der Waals surface area contributed by atoms with Gasteiger partial charge in [-0.15, -0.1) is 10.2 Å². The lowest BCUT2D eigenvalue weighted by Crippen LogP contribution is -2.90. The van der Waals surface area contributed by atoms with Crippen molar-refractivity contribution in [2.75, 3.05) is 0 Å². The number of aromatic nitrogens is 3. The van der Waals surface area contributed by atoms with E-state index in [1.54, 1.807) is 0 Å². The van der Waals surface area contributed by atoms with Crippen molar-refractivity contribution in [1.82, 2.24) is 14.6 Å². The van der Waals surface area contributed by atoms with E-state index in [9.17, 15) is 0 Å². The molecule has 0 spiro atoms. The van der Waals surface area contributed by atoms with Gasteiger partial charge >= 0.3 is 0 Å². The number of fused-ring (bicyclic) bond motifs is 6. The summed E-state index contributed by atoms with van der Waals surface area (Å²) in [6, 6.07) is 6.94. The first-order valence-electron chi connectivity index (χ1n) is 8.52. The van der Waals surface area contributed by atoms with Crippen LogP contribution in [-0.4, -0.2) is 20.6 Å². The molecule has 3 fully saturated rings. The highest BCUT2D eigenvalue weighted by molar-refractivity contribution is 5.36. The van der Waals surface area contributed by atoms with E-state index in [1.807, 2.05) is 12.1 Å². The van der Waals surface area contributed by atoms with Crippen LogP contribution in [0.15, 0.2) is 24.4 Å². The summed E-state index contributed by atoms with van der Waals surface area (Å²) >= 11 is 0. The highest BCUT2D eigenvalue weighted by Crippen LogP contribution is 2.57. The molecule has 4 nitrogen and oxygen atoms in total. The zero-order valence-corrected chi connectivity index (χ0v) is 12.4. The van der Waals surface area contributed by atoms with Gasteiger partial charge in [-0.1, -0.05) is 12.5 Å². The van der Waals surface area contributed by atoms with Crippen LogP contribution in [0.5, 0.6) is 0 Å². The zero-order valence-electron chi connectivity index (χ0n) is 12.4. The van der Waals surface area contributed by atoms with Crippen LogP contribution in [-0.2, 0) is 6.54 Å². The van der Waals surface area contributed by atoms with Crippen molar-refractivity contribution in [3.63, 3.8) is 0 Å². The van der Waals surface area contributed by atoms with Crippen LogP contribution >= 0.6 is 0 Å². The lowest BCUT2D eigenvalue weighted by atomic mass is 9.79. The molecule has 110 valence electrons. The first-order valence-corrected chi connectivity index (χ1v) is 8.52. The van der Waals surface area contributed by atoms with Gasteiger partial charge in [-0.05, 0) is 49.1 Å². The van der Waals surface area contributed by atoms with Gasteiger partial charge in [0.1, 0.15) is 6.54 Å². The first kappa shape index (κ1) is 12.2. The minimum absolute atomic E-state index is 0.838. The Morgan fingerprint density at radius 2 is 2.05 bits per heavy atom. The molecule has 3 saturated carbocycles. The third-order valence-corrected chi connectivity index (χ3v) is 6.47. The van der Waals surface area contributed by atoms with Crippen molar-refractivity contribution in [2.45, 2.75) is 44.7 Å². The van der Waals surface area contributed by atoms with Gasteiger partial charge in [-0.2, -0.15) is 0 Å². The minimum atomic E-state index is 0.838. The van der Waals surface area contributed by atoms with E-state index < -0.39 is 0 Å². The van der Waals surface area contributed by atoms with Gasteiger partial charge in [-0.3, -0.25) is 4.40 Å². The fourth-order valence-corrected chi connectivity index (χ4v) is 5.68. The van der Waals surface area contributed by atoms with Crippen molar-refractivity contribution in [2.24, 2.45) is 23.7 Å². The van der Waals surface area contributed by atoms with Crippen LogP contribution in [0.2, 0.25) is 0 Å². The van der Waals surface area contributed by atoms with E-state index in [4.69, 9.17) is 0 Å². The lowest BCUT2D eigenvalue weighted by Gasteiger charge is -2.29. The van der Waals surface area contributed by atoms with Crippen LogP contribution < -0.4 is 5.32 Å². The Hall–Kier alpha value is -1.42. The summed E-state index contributed by atoms with van der Waals surface area (Å²) < 4.78 is 2.13. The molecular weight excluding hydrogens is 260 g/mol. The van der Waals surface area contributed by atoms with Crippen LogP contribution in [0.4, 0.5) is 0 Å². The molecule has 5 rings (SSSR count). The maximum Gasteiger partial charge on any atom is 0.192 e. The summed E-state index contributed by atoms with van der Waals surface area (Å²) in [5.74, 6) is 5.27. The summed E-state index contributed by atoms with van der Waals surface area (Å²) in [5, 5.41) is 11.2. The molecule has 0 saturated heterocycles. The van der Waals surface area contributed by atoms with Gasteiger partial charge in [0.15, 0.2) is 11.5 Å². The van der Waals surface area contributed by atoms with Gasteiger partial charge in [0.2, 0.25) is 0 Å². The fourth-order valence-electron chi connectivity index (χ4n) is 5.68. The lowest BCUT2D eigenvalue weighted by molar-refractivity contribution is -0.712. The Balaban J connectivity index is 1.31. The van der Waals surface area contributed by atoms with Crippen molar-refractivity contribution < 1.29 is 5.32 Å². The molecule has 0 aliphatic heterocycles. The molecule has 2 bridgehead atoms. The van der Waals surface area contributed by atoms with E-state index in [-0.39, 0.29) is 0 Å². The molecule has 2 N–H and O–H groups in total. The highest BCUT2D eigenvalue weighted by atomic mass is 15.3. The summed E-state index contributed by atoms with van der Waals surface area (Å²) in [5.41, 5.74) is 0.963. The Kier molecular flexibility index (Phi) is 2.63. The molecule has 0 unspecified atom stereocenters. The van der Waals surface area contributed by atoms with Crippen LogP contribution in [0.3, 0.4) is 0 Å². The topological polar surface area (TPSA) is 46.8 Å². The van der Waals surface area contributed by atoms with Crippen LogP contribution in [0.25, 0.3) is 5.65 Å². The van der Waals surface area contributed by atoms with Gasteiger partial charge in [0.25, 0.3) is 0 Å². The number of rotatable bonds is 3. The summed E-state index contributed by atoms with van der Waals surface area (Å²) in [6.45, 7) is 0.969. The van der Waals surface area contributed by atoms with Gasteiger partial charge in [-0.25, -0.2) is 0 Å². The summed E-state index contributed by atoms with van der Waals surface area (Å²) in [6.07, 6.45) is 9.55. The van der Waals surface area contributed by atoms with E-state index in [2.05, 4.69) is 32.2 Å². The Labute approximate surface area is 125 Å². The number of nitrogens with zero attached hydrogens (tertiary/aromatic N) is 3. The van der Waals surface area contributed by atoms with Gasteiger partial charge in [0, 0.05) is 18.5 Å². The molecule has 0 amide bonds. The average molecular weight is 283 g/mol. The van der Waals surface area contributed by atoms with E-state index in [0.717, 1.165) is 47.7 Å². The Morgan fingerprint density at radius 3 is 3.05 bits per heavy atom. The second-order valence-corrected chi connectivity index (χ2v) is 7.30. The van der Waals surface area contributed by atoms with Crippen molar-refractivity contribution in [1.29, 1.82) is 0 Å². The summed E-state index contributed by atoms with van der Waals surface area (Å²) in [4.78, 5) is 0. The molecule has 0 aromatic carbocycles. The average Bonchev–Trinajstić information content (AvgIpc) is 3.25. The first-order chi connectivity index (χ1) is 10.4. The maximum atomic E-state index is 4.37. The predicted molar refractivity (Wildman–Crippen MR) is 79.4 cm³/mol. The smallest absolute Gasteiger partial charge is 0.192 e. The molecule has 2 heterocycles. The Morgan fingerprint density at radius 1 is 1.10 bits per heavy atom. The van der Waals surface area contributed by atoms with Gasteiger partial charge in [0.05, 0.1) is 6.04 Å².